The molecule has 2 amide bonds. The highest BCUT2D eigenvalue weighted by Gasteiger charge is 2.37. The third-order valence-electron chi connectivity index (χ3n) is 6.42. The molecule has 0 spiro atoms. The molecule has 0 radical (unpaired) electrons. The van der Waals surface area contributed by atoms with E-state index in [1.807, 2.05) is 19.1 Å². The summed E-state index contributed by atoms with van der Waals surface area (Å²) in [6.07, 6.45) is -0.404. The quantitative estimate of drug-likeness (QED) is 0.157. The van der Waals surface area contributed by atoms with Crippen LogP contribution in [0.5, 0.6) is 0 Å². The van der Waals surface area contributed by atoms with Gasteiger partial charge in [-0.15, -0.1) is 0 Å². The summed E-state index contributed by atoms with van der Waals surface area (Å²) in [6, 6.07) is 26.3. The maximum Gasteiger partial charge on any atom is 0.339 e. The largest absolute Gasteiger partial charge is 0.445 e. The Hall–Kier alpha value is -4.55. The van der Waals surface area contributed by atoms with Crippen molar-refractivity contribution in [1.82, 2.24) is 0 Å². The summed E-state index contributed by atoms with van der Waals surface area (Å²) in [7, 11) is 0. The van der Waals surface area contributed by atoms with Gasteiger partial charge in [-0.05, 0) is 54.4 Å². The first-order chi connectivity index (χ1) is 18.4. The molecule has 0 bridgehead atoms. The molecule has 6 nitrogen and oxygen atoms in total. The minimum Gasteiger partial charge on any atom is -0.445 e. The van der Waals surface area contributed by atoms with E-state index >= 15 is 0 Å². The second-order valence-electron chi connectivity index (χ2n) is 8.79. The van der Waals surface area contributed by atoms with E-state index in [0.717, 1.165) is 16.9 Å². The number of fused-ring (bicyclic) bond motifs is 1. The molecule has 0 aromatic heterocycles. The summed E-state index contributed by atoms with van der Waals surface area (Å²) >= 11 is 6.01. The van der Waals surface area contributed by atoms with Crippen LogP contribution < -0.4 is 4.90 Å². The second kappa shape index (κ2) is 10.4. The van der Waals surface area contributed by atoms with Crippen LogP contribution in [0.3, 0.4) is 0 Å². The van der Waals surface area contributed by atoms with Crippen molar-refractivity contribution in [3.05, 3.63) is 135 Å². The Morgan fingerprint density at radius 2 is 1.45 bits per heavy atom. The lowest BCUT2D eigenvalue weighted by atomic mass is 9.99. The van der Waals surface area contributed by atoms with Crippen LogP contribution >= 0.6 is 11.6 Å². The summed E-state index contributed by atoms with van der Waals surface area (Å²) < 4.78 is 5.70. The molecule has 1 aliphatic heterocycles. The number of benzene rings is 4. The molecule has 1 atom stereocenters. The number of ketones is 1. The number of carbonyl (C=O) groups is 4. The Bertz CT molecular complexity index is 1550. The second-order valence-corrected chi connectivity index (χ2v) is 9.23. The van der Waals surface area contributed by atoms with Gasteiger partial charge in [-0.2, -0.15) is 0 Å². The van der Waals surface area contributed by atoms with Crippen LogP contribution in [0.15, 0.2) is 97.1 Å². The average molecular weight is 524 g/mol. The standard InChI is InChI=1S/C31H22ClNO5/c1-2-19-8-15-24(16-9-19)33-29(35)25-17-12-22(18-26(25)30(33)36)31(37)38-28(21-10-13-23(32)14-11-21)27(34)20-6-4-3-5-7-20/h3-18,28H,2H2,1H3/t28-/m0/s1. The van der Waals surface area contributed by atoms with Crippen molar-refractivity contribution in [2.75, 3.05) is 4.90 Å². The third kappa shape index (κ3) is 4.74. The summed E-state index contributed by atoms with van der Waals surface area (Å²) in [6.45, 7) is 2.02. The lowest BCUT2D eigenvalue weighted by Crippen LogP contribution is -2.29. The number of amides is 2. The topological polar surface area (TPSA) is 80.8 Å². The van der Waals surface area contributed by atoms with E-state index in [2.05, 4.69) is 0 Å². The number of imide groups is 1. The molecule has 5 rings (SSSR count). The van der Waals surface area contributed by atoms with E-state index in [4.69, 9.17) is 16.3 Å². The zero-order valence-electron chi connectivity index (χ0n) is 20.4. The van der Waals surface area contributed by atoms with Gasteiger partial charge in [0.05, 0.1) is 22.4 Å². The van der Waals surface area contributed by atoms with E-state index in [1.54, 1.807) is 66.7 Å². The fourth-order valence-electron chi connectivity index (χ4n) is 4.32. The lowest BCUT2D eigenvalue weighted by molar-refractivity contribution is 0.0280. The molecule has 188 valence electrons. The number of carbonyl (C=O) groups excluding carboxylic acids is 4. The predicted molar refractivity (Wildman–Crippen MR) is 144 cm³/mol. The average Bonchev–Trinajstić information content (AvgIpc) is 3.21. The molecular weight excluding hydrogens is 502 g/mol. The number of nitrogens with zero attached hydrogens (tertiary/aromatic N) is 1. The molecule has 0 fully saturated rings. The van der Waals surface area contributed by atoms with Gasteiger partial charge in [0.25, 0.3) is 11.8 Å². The Labute approximate surface area is 224 Å². The SMILES string of the molecule is CCc1ccc(N2C(=O)c3ccc(C(=O)O[C@H](C(=O)c4ccccc4)c4ccc(Cl)cc4)cc3C2=O)cc1. The Morgan fingerprint density at radius 3 is 2.11 bits per heavy atom. The highest BCUT2D eigenvalue weighted by Crippen LogP contribution is 2.31. The first kappa shape index (κ1) is 25.1. The van der Waals surface area contributed by atoms with E-state index < -0.39 is 29.7 Å². The molecule has 7 heteroatoms. The normalized spacial score (nSPS) is 13.3. The molecule has 4 aromatic carbocycles. The highest BCUT2D eigenvalue weighted by molar-refractivity contribution is 6.34. The first-order valence-electron chi connectivity index (χ1n) is 12.0. The summed E-state index contributed by atoms with van der Waals surface area (Å²) in [5.74, 6) is -2.20. The number of Topliss-reactive ketones (excluding diaryl/α,β-unsaturated/α-hetero) is 1. The van der Waals surface area contributed by atoms with E-state index in [1.165, 1.54) is 18.2 Å². The van der Waals surface area contributed by atoms with Crippen molar-refractivity contribution in [3.63, 3.8) is 0 Å². The monoisotopic (exact) mass is 523 g/mol. The van der Waals surface area contributed by atoms with Crippen LogP contribution in [-0.2, 0) is 11.2 Å². The smallest absolute Gasteiger partial charge is 0.339 e. The first-order valence-corrected chi connectivity index (χ1v) is 12.4. The molecule has 38 heavy (non-hydrogen) atoms. The van der Waals surface area contributed by atoms with Crippen molar-refractivity contribution in [2.24, 2.45) is 0 Å². The molecule has 0 aliphatic carbocycles. The molecule has 1 aliphatic rings. The van der Waals surface area contributed by atoms with Gasteiger partial charge in [-0.25, -0.2) is 9.69 Å². The van der Waals surface area contributed by atoms with Gasteiger partial charge in [0.15, 0.2) is 6.10 Å². The van der Waals surface area contributed by atoms with Gasteiger partial charge < -0.3 is 4.74 Å². The minimum atomic E-state index is -1.23. The van der Waals surface area contributed by atoms with Crippen molar-refractivity contribution < 1.29 is 23.9 Å². The van der Waals surface area contributed by atoms with E-state index in [-0.39, 0.29) is 16.7 Å². The number of hydrogen-bond donors (Lipinski definition) is 0. The summed E-state index contributed by atoms with van der Waals surface area (Å²) in [5, 5.41) is 0.474. The maximum atomic E-state index is 13.3. The molecule has 1 heterocycles. The number of ether oxygens (including phenoxy) is 1. The zero-order chi connectivity index (χ0) is 26.8. The Balaban J connectivity index is 1.43. The number of halogens is 1. The molecule has 0 N–H and O–H groups in total. The third-order valence-corrected chi connectivity index (χ3v) is 6.67. The van der Waals surface area contributed by atoms with Gasteiger partial charge >= 0.3 is 5.97 Å². The van der Waals surface area contributed by atoms with Crippen molar-refractivity contribution in [2.45, 2.75) is 19.4 Å². The van der Waals surface area contributed by atoms with E-state index in [0.29, 0.717) is 21.8 Å². The predicted octanol–water partition coefficient (Wildman–Crippen LogP) is 6.48. The van der Waals surface area contributed by atoms with Crippen LogP contribution in [0.2, 0.25) is 5.02 Å². The van der Waals surface area contributed by atoms with Gasteiger partial charge in [0.2, 0.25) is 5.78 Å². The molecule has 0 unspecified atom stereocenters. The van der Waals surface area contributed by atoms with Crippen LogP contribution in [0.4, 0.5) is 5.69 Å². The number of anilines is 1. The Kier molecular flexibility index (Phi) is 6.90. The van der Waals surface area contributed by atoms with Gasteiger partial charge in [0, 0.05) is 16.1 Å². The lowest BCUT2D eigenvalue weighted by Gasteiger charge is -2.18. The Morgan fingerprint density at radius 1 is 0.789 bits per heavy atom. The van der Waals surface area contributed by atoms with Crippen molar-refractivity contribution in [3.8, 4) is 0 Å². The van der Waals surface area contributed by atoms with Crippen LogP contribution in [0.25, 0.3) is 0 Å². The minimum absolute atomic E-state index is 0.0490. The van der Waals surface area contributed by atoms with Crippen molar-refractivity contribution >= 4 is 40.9 Å². The molecular formula is C31H22ClNO5. The highest BCUT2D eigenvalue weighted by atomic mass is 35.5. The maximum absolute atomic E-state index is 13.3. The van der Waals surface area contributed by atoms with Crippen molar-refractivity contribution in [1.29, 1.82) is 0 Å². The van der Waals surface area contributed by atoms with Crippen LogP contribution in [0, 0.1) is 0 Å². The van der Waals surface area contributed by atoms with Crippen LogP contribution in [0.1, 0.15) is 65.6 Å². The molecule has 0 saturated carbocycles. The zero-order valence-corrected chi connectivity index (χ0v) is 21.1. The molecule has 0 saturated heterocycles. The van der Waals surface area contributed by atoms with Gasteiger partial charge in [0.1, 0.15) is 0 Å². The number of aryl methyl sites for hydroxylation is 1. The number of esters is 1. The van der Waals surface area contributed by atoms with E-state index in [9.17, 15) is 19.2 Å². The fourth-order valence-corrected chi connectivity index (χ4v) is 4.45. The van der Waals surface area contributed by atoms with Gasteiger partial charge in [-0.3, -0.25) is 14.4 Å². The summed E-state index contributed by atoms with van der Waals surface area (Å²) in [5.41, 5.74) is 2.70. The van der Waals surface area contributed by atoms with Gasteiger partial charge in [-0.1, -0.05) is 73.1 Å². The molecule has 4 aromatic rings. The number of hydrogen-bond acceptors (Lipinski definition) is 5. The van der Waals surface area contributed by atoms with Crippen LogP contribution in [-0.4, -0.2) is 23.6 Å². The summed E-state index contributed by atoms with van der Waals surface area (Å²) in [4.78, 5) is 53.8. The fraction of sp³-hybridized carbons (Fsp3) is 0.0968. The number of rotatable bonds is 7.